The first-order chi connectivity index (χ1) is 15.8. The number of hydrogen-bond donors (Lipinski definition) is 2. The molecule has 1 aliphatic heterocycles. The predicted molar refractivity (Wildman–Crippen MR) is 133 cm³/mol. The van der Waals surface area contributed by atoms with E-state index in [1.165, 1.54) is 15.4 Å². The summed E-state index contributed by atoms with van der Waals surface area (Å²) < 4.78 is 0. The number of rotatable bonds is 7. The van der Waals surface area contributed by atoms with E-state index in [9.17, 15) is 0 Å². The Kier molecular flexibility index (Phi) is 8.17. The molecule has 2 heterocycles. The largest absolute Gasteiger partial charge is 0.354 e. The van der Waals surface area contributed by atoms with Crippen molar-refractivity contribution in [1.29, 1.82) is 0 Å². The number of hydrogen-bond acceptors (Lipinski definition) is 4. The van der Waals surface area contributed by atoms with Crippen molar-refractivity contribution in [3.8, 4) is 0 Å². The van der Waals surface area contributed by atoms with Crippen molar-refractivity contribution in [1.82, 2.24) is 20.5 Å². The molecule has 0 atom stereocenters. The Hall–Kier alpha value is -2.83. The molecule has 3 aromatic rings. The van der Waals surface area contributed by atoms with Gasteiger partial charge in [-0.05, 0) is 54.8 Å². The van der Waals surface area contributed by atoms with Gasteiger partial charge in [0.25, 0.3) is 0 Å². The van der Waals surface area contributed by atoms with Gasteiger partial charge in [-0.15, -0.1) is 0 Å². The van der Waals surface area contributed by atoms with Crippen molar-refractivity contribution < 1.29 is 0 Å². The lowest BCUT2D eigenvalue weighted by Gasteiger charge is -2.32. The van der Waals surface area contributed by atoms with E-state index >= 15 is 0 Å². The van der Waals surface area contributed by atoms with Crippen molar-refractivity contribution >= 4 is 17.7 Å². The fraction of sp³-hybridized carbons (Fsp3) is 0.308. The van der Waals surface area contributed by atoms with Gasteiger partial charge in [0.2, 0.25) is 0 Å². The molecular weight excluding hydrogens is 414 g/mol. The lowest BCUT2D eigenvalue weighted by Crippen LogP contribution is -2.48. The molecule has 1 aliphatic rings. The monoisotopic (exact) mass is 445 g/mol. The molecule has 2 aromatic carbocycles. The minimum Gasteiger partial charge on any atom is -0.354 e. The Bertz CT molecular complexity index is 968. The number of piperidine rings is 1. The normalized spacial score (nSPS) is 15.5. The van der Waals surface area contributed by atoms with Crippen LogP contribution >= 0.6 is 11.8 Å². The Labute approximate surface area is 195 Å². The molecule has 0 unspecified atom stereocenters. The summed E-state index contributed by atoms with van der Waals surface area (Å²) >= 11 is 1.78. The SMILES string of the molecule is CN=C(NCc1ccc(Sc2ccccc2)cc1)NC1CCN(Cc2ccccn2)CC1. The zero-order valence-electron chi connectivity index (χ0n) is 18.6. The number of nitrogens with zero attached hydrogens (tertiary/aromatic N) is 3. The molecule has 1 aromatic heterocycles. The van der Waals surface area contributed by atoms with Gasteiger partial charge in [-0.3, -0.25) is 14.9 Å². The smallest absolute Gasteiger partial charge is 0.191 e. The van der Waals surface area contributed by atoms with Gasteiger partial charge in [-0.25, -0.2) is 0 Å². The number of nitrogens with one attached hydrogen (secondary N) is 2. The first kappa shape index (κ1) is 22.4. The minimum absolute atomic E-state index is 0.450. The number of guanidine groups is 1. The number of benzene rings is 2. The molecule has 0 saturated carbocycles. The Morgan fingerprint density at radius 1 is 0.969 bits per heavy atom. The van der Waals surface area contributed by atoms with Crippen molar-refractivity contribution in [3.05, 3.63) is 90.3 Å². The summed E-state index contributed by atoms with van der Waals surface area (Å²) in [5, 5.41) is 7.06. The maximum absolute atomic E-state index is 4.45. The Morgan fingerprint density at radius 3 is 2.38 bits per heavy atom. The second kappa shape index (κ2) is 11.7. The van der Waals surface area contributed by atoms with E-state index < -0.39 is 0 Å². The van der Waals surface area contributed by atoms with Gasteiger partial charge in [0, 0.05) is 55.3 Å². The molecule has 6 heteroatoms. The Balaban J connectivity index is 1.20. The van der Waals surface area contributed by atoms with Crippen LogP contribution in [0.5, 0.6) is 0 Å². The molecule has 0 spiro atoms. The van der Waals surface area contributed by atoms with Crippen LogP contribution in [0.1, 0.15) is 24.1 Å². The summed E-state index contributed by atoms with van der Waals surface area (Å²) in [6, 6.07) is 25.8. The highest BCUT2D eigenvalue weighted by Crippen LogP contribution is 2.27. The molecule has 1 saturated heterocycles. The van der Waals surface area contributed by atoms with Crippen LogP contribution in [0.4, 0.5) is 0 Å². The standard InChI is InChI=1S/C26H31N5S/c1-27-26(30-22-14-17-31(18-15-22)20-23-7-5-6-16-28-23)29-19-21-10-12-25(13-11-21)32-24-8-3-2-4-9-24/h2-13,16,22H,14-15,17-20H2,1H3,(H2,27,29,30). The van der Waals surface area contributed by atoms with Gasteiger partial charge in [0.1, 0.15) is 0 Å². The fourth-order valence-electron chi connectivity index (χ4n) is 3.83. The molecule has 4 rings (SSSR count). The topological polar surface area (TPSA) is 52.6 Å². The van der Waals surface area contributed by atoms with E-state index in [1.54, 1.807) is 11.8 Å². The summed E-state index contributed by atoms with van der Waals surface area (Å²) in [5.41, 5.74) is 2.39. The molecule has 2 N–H and O–H groups in total. The highest BCUT2D eigenvalue weighted by Gasteiger charge is 2.20. The van der Waals surface area contributed by atoms with Crippen LogP contribution in [0.3, 0.4) is 0 Å². The third kappa shape index (κ3) is 6.84. The number of aromatic nitrogens is 1. The van der Waals surface area contributed by atoms with Crippen LogP contribution in [-0.2, 0) is 13.1 Å². The summed E-state index contributed by atoms with van der Waals surface area (Å²) in [7, 11) is 1.84. The molecule has 0 amide bonds. The predicted octanol–water partition coefficient (Wildman–Crippen LogP) is 4.56. The van der Waals surface area contributed by atoms with Crippen LogP contribution in [0.2, 0.25) is 0 Å². The average molecular weight is 446 g/mol. The number of likely N-dealkylation sites (tertiary alicyclic amines) is 1. The van der Waals surface area contributed by atoms with Gasteiger partial charge in [0.05, 0.1) is 5.69 Å². The van der Waals surface area contributed by atoms with E-state index in [4.69, 9.17) is 0 Å². The first-order valence-corrected chi connectivity index (χ1v) is 12.0. The first-order valence-electron chi connectivity index (χ1n) is 11.2. The zero-order chi connectivity index (χ0) is 22.0. The highest BCUT2D eigenvalue weighted by molar-refractivity contribution is 7.99. The van der Waals surface area contributed by atoms with Crippen LogP contribution in [0.15, 0.2) is 93.8 Å². The quantitative estimate of drug-likeness (QED) is 0.412. The second-order valence-corrected chi connectivity index (χ2v) is 9.15. The molecule has 5 nitrogen and oxygen atoms in total. The highest BCUT2D eigenvalue weighted by atomic mass is 32.2. The van der Waals surface area contributed by atoms with Gasteiger partial charge in [-0.2, -0.15) is 0 Å². The second-order valence-electron chi connectivity index (χ2n) is 8.00. The van der Waals surface area contributed by atoms with Crippen molar-refractivity contribution in [3.63, 3.8) is 0 Å². The lowest BCUT2D eigenvalue weighted by atomic mass is 10.0. The Morgan fingerprint density at radius 2 is 1.69 bits per heavy atom. The summed E-state index contributed by atoms with van der Waals surface area (Å²) in [5.74, 6) is 0.871. The van der Waals surface area contributed by atoms with E-state index in [-0.39, 0.29) is 0 Å². The van der Waals surface area contributed by atoms with Gasteiger partial charge in [0.15, 0.2) is 5.96 Å². The van der Waals surface area contributed by atoms with E-state index in [0.29, 0.717) is 6.04 Å². The molecule has 0 bridgehead atoms. The molecule has 1 fully saturated rings. The van der Waals surface area contributed by atoms with Crippen molar-refractivity contribution in [2.24, 2.45) is 4.99 Å². The zero-order valence-corrected chi connectivity index (χ0v) is 19.4. The van der Waals surface area contributed by atoms with Gasteiger partial charge < -0.3 is 10.6 Å². The van der Waals surface area contributed by atoms with Crippen LogP contribution < -0.4 is 10.6 Å². The van der Waals surface area contributed by atoms with Crippen LogP contribution in [0, 0.1) is 0 Å². The van der Waals surface area contributed by atoms with Crippen molar-refractivity contribution in [2.75, 3.05) is 20.1 Å². The maximum Gasteiger partial charge on any atom is 0.191 e. The minimum atomic E-state index is 0.450. The van der Waals surface area contributed by atoms with Crippen molar-refractivity contribution in [2.45, 2.75) is 41.8 Å². The fourth-order valence-corrected chi connectivity index (χ4v) is 4.67. The van der Waals surface area contributed by atoms with E-state index in [2.05, 4.69) is 86.2 Å². The van der Waals surface area contributed by atoms with Crippen LogP contribution in [-0.4, -0.2) is 42.0 Å². The summed E-state index contributed by atoms with van der Waals surface area (Å²) in [6.07, 6.45) is 4.09. The average Bonchev–Trinajstić information content (AvgIpc) is 2.85. The molecule has 32 heavy (non-hydrogen) atoms. The van der Waals surface area contributed by atoms with E-state index in [1.807, 2.05) is 25.4 Å². The molecular formula is C26H31N5S. The third-order valence-corrected chi connectivity index (χ3v) is 6.64. The number of aliphatic imine (C=N–C) groups is 1. The molecule has 0 aliphatic carbocycles. The molecule has 166 valence electrons. The lowest BCUT2D eigenvalue weighted by molar-refractivity contribution is 0.196. The van der Waals surface area contributed by atoms with Gasteiger partial charge >= 0.3 is 0 Å². The van der Waals surface area contributed by atoms with Gasteiger partial charge in [-0.1, -0.05) is 48.2 Å². The molecule has 0 radical (unpaired) electrons. The number of pyridine rings is 1. The van der Waals surface area contributed by atoms with E-state index in [0.717, 1.165) is 50.7 Å². The summed E-state index contributed by atoms with van der Waals surface area (Å²) in [6.45, 7) is 3.84. The van der Waals surface area contributed by atoms with Crippen LogP contribution in [0.25, 0.3) is 0 Å². The summed E-state index contributed by atoms with van der Waals surface area (Å²) in [4.78, 5) is 13.9. The maximum atomic E-state index is 4.45. The third-order valence-electron chi connectivity index (χ3n) is 5.63.